The second-order valence-electron chi connectivity index (χ2n) is 6.60. The summed E-state index contributed by atoms with van der Waals surface area (Å²) in [7, 11) is 1.82. The molecule has 0 atom stereocenters. The molecule has 0 radical (unpaired) electrons. The number of hydrogen-bond acceptors (Lipinski definition) is 3. The molecule has 0 aliphatic heterocycles. The molecule has 6 nitrogen and oxygen atoms in total. The van der Waals surface area contributed by atoms with Crippen LogP contribution in [0.3, 0.4) is 0 Å². The minimum absolute atomic E-state index is 0.142. The molecular formula is C22H21N5O. The van der Waals surface area contributed by atoms with E-state index in [1.54, 1.807) is 10.9 Å². The fraction of sp³-hybridized carbons (Fsp3) is 0.136. The van der Waals surface area contributed by atoms with Gasteiger partial charge in [-0.1, -0.05) is 48.5 Å². The van der Waals surface area contributed by atoms with Gasteiger partial charge in [-0.2, -0.15) is 10.2 Å². The van der Waals surface area contributed by atoms with Gasteiger partial charge in [-0.3, -0.25) is 9.48 Å². The lowest BCUT2D eigenvalue weighted by atomic mass is 10.1. The van der Waals surface area contributed by atoms with Gasteiger partial charge in [0.15, 0.2) is 0 Å². The molecule has 2 aromatic heterocycles. The molecule has 0 aliphatic carbocycles. The first-order valence-electron chi connectivity index (χ1n) is 9.09. The van der Waals surface area contributed by atoms with Gasteiger partial charge < -0.3 is 5.32 Å². The first kappa shape index (κ1) is 17.7. The van der Waals surface area contributed by atoms with Crippen molar-refractivity contribution in [3.63, 3.8) is 0 Å². The summed E-state index contributed by atoms with van der Waals surface area (Å²) in [5, 5.41) is 11.9. The maximum Gasteiger partial charge on any atom is 0.255 e. The molecule has 2 aromatic carbocycles. The van der Waals surface area contributed by atoms with E-state index in [0.717, 1.165) is 28.2 Å². The van der Waals surface area contributed by atoms with Gasteiger partial charge in [0.05, 0.1) is 23.1 Å². The van der Waals surface area contributed by atoms with Crippen molar-refractivity contribution >= 4 is 5.91 Å². The Hall–Kier alpha value is -3.67. The third-order valence-electron chi connectivity index (χ3n) is 4.78. The van der Waals surface area contributed by atoms with Gasteiger partial charge in [0.25, 0.3) is 5.91 Å². The van der Waals surface area contributed by atoms with Crippen LogP contribution in [0.5, 0.6) is 0 Å². The quantitative estimate of drug-likeness (QED) is 0.584. The minimum atomic E-state index is -0.142. The lowest BCUT2D eigenvalue weighted by Gasteiger charge is -2.05. The SMILES string of the molecule is Cc1c(C(=O)NCc2cn(-c3ccccc3)nc2-c2ccccc2)cnn1C. The molecule has 0 bridgehead atoms. The summed E-state index contributed by atoms with van der Waals surface area (Å²) >= 11 is 0. The van der Waals surface area contributed by atoms with Crippen LogP contribution in [0.25, 0.3) is 16.9 Å². The highest BCUT2D eigenvalue weighted by Crippen LogP contribution is 2.23. The number of nitrogens with zero attached hydrogens (tertiary/aromatic N) is 4. The van der Waals surface area contributed by atoms with Crippen LogP contribution < -0.4 is 5.32 Å². The third-order valence-corrected chi connectivity index (χ3v) is 4.78. The van der Waals surface area contributed by atoms with Crippen molar-refractivity contribution in [3.8, 4) is 16.9 Å². The monoisotopic (exact) mass is 371 g/mol. The van der Waals surface area contributed by atoms with Gasteiger partial charge in [0, 0.05) is 36.6 Å². The van der Waals surface area contributed by atoms with E-state index in [1.165, 1.54) is 0 Å². The molecule has 1 N–H and O–H groups in total. The van der Waals surface area contributed by atoms with Crippen molar-refractivity contribution in [2.45, 2.75) is 13.5 Å². The van der Waals surface area contributed by atoms with Crippen molar-refractivity contribution in [2.75, 3.05) is 0 Å². The molecule has 4 aromatic rings. The molecule has 0 saturated carbocycles. The van der Waals surface area contributed by atoms with Crippen LogP contribution in [0, 0.1) is 6.92 Å². The molecule has 140 valence electrons. The van der Waals surface area contributed by atoms with Crippen LogP contribution in [0.1, 0.15) is 21.6 Å². The van der Waals surface area contributed by atoms with E-state index >= 15 is 0 Å². The molecule has 1 amide bonds. The molecule has 6 heteroatoms. The maximum absolute atomic E-state index is 12.6. The summed E-state index contributed by atoms with van der Waals surface area (Å²) < 4.78 is 3.54. The zero-order chi connectivity index (χ0) is 19.5. The largest absolute Gasteiger partial charge is 0.348 e. The van der Waals surface area contributed by atoms with Gasteiger partial charge in [0.2, 0.25) is 0 Å². The lowest BCUT2D eigenvalue weighted by Crippen LogP contribution is -2.23. The van der Waals surface area contributed by atoms with E-state index in [9.17, 15) is 4.79 Å². The van der Waals surface area contributed by atoms with Gasteiger partial charge in [-0.05, 0) is 19.1 Å². The Morgan fingerprint density at radius 1 is 1.04 bits per heavy atom. The number of benzene rings is 2. The predicted octanol–water partition coefficient (Wildman–Crippen LogP) is 3.51. The molecular weight excluding hydrogens is 350 g/mol. The summed E-state index contributed by atoms with van der Waals surface area (Å²) in [6.45, 7) is 2.26. The van der Waals surface area contributed by atoms with E-state index in [0.29, 0.717) is 12.1 Å². The van der Waals surface area contributed by atoms with E-state index < -0.39 is 0 Å². The van der Waals surface area contributed by atoms with Crippen molar-refractivity contribution in [1.29, 1.82) is 0 Å². The fourth-order valence-corrected chi connectivity index (χ4v) is 3.08. The Balaban J connectivity index is 1.64. The van der Waals surface area contributed by atoms with Crippen LogP contribution in [-0.4, -0.2) is 25.5 Å². The Kier molecular flexibility index (Phi) is 4.76. The van der Waals surface area contributed by atoms with Crippen molar-refractivity contribution in [3.05, 3.63) is 89.9 Å². The van der Waals surface area contributed by atoms with E-state index in [2.05, 4.69) is 10.4 Å². The summed E-state index contributed by atoms with van der Waals surface area (Å²) in [5.74, 6) is -0.142. The van der Waals surface area contributed by atoms with Crippen LogP contribution >= 0.6 is 0 Å². The first-order valence-corrected chi connectivity index (χ1v) is 9.09. The Bertz CT molecular complexity index is 1100. The zero-order valence-corrected chi connectivity index (χ0v) is 15.8. The van der Waals surface area contributed by atoms with Crippen LogP contribution in [0.2, 0.25) is 0 Å². The van der Waals surface area contributed by atoms with Crippen molar-refractivity contribution < 1.29 is 4.79 Å². The average Bonchev–Trinajstić information content (AvgIpc) is 3.31. The highest BCUT2D eigenvalue weighted by molar-refractivity contribution is 5.95. The number of nitrogens with one attached hydrogen (secondary N) is 1. The Labute approximate surface area is 163 Å². The normalized spacial score (nSPS) is 10.8. The number of aryl methyl sites for hydroxylation is 1. The topological polar surface area (TPSA) is 64.7 Å². The van der Waals surface area contributed by atoms with Crippen LogP contribution in [0.15, 0.2) is 73.1 Å². The molecule has 0 fully saturated rings. The van der Waals surface area contributed by atoms with Crippen LogP contribution in [-0.2, 0) is 13.6 Å². The fourth-order valence-electron chi connectivity index (χ4n) is 3.08. The molecule has 0 saturated heterocycles. The first-order chi connectivity index (χ1) is 13.6. The van der Waals surface area contributed by atoms with E-state index in [1.807, 2.05) is 85.5 Å². The van der Waals surface area contributed by atoms with Gasteiger partial charge >= 0.3 is 0 Å². The number of aromatic nitrogens is 4. The smallest absolute Gasteiger partial charge is 0.255 e. The number of carbonyl (C=O) groups excluding carboxylic acids is 1. The van der Waals surface area contributed by atoms with Crippen molar-refractivity contribution in [2.24, 2.45) is 7.05 Å². The lowest BCUT2D eigenvalue weighted by molar-refractivity contribution is 0.0950. The number of amides is 1. The summed E-state index contributed by atoms with van der Waals surface area (Å²) in [6.07, 6.45) is 3.56. The highest BCUT2D eigenvalue weighted by atomic mass is 16.1. The average molecular weight is 371 g/mol. The third kappa shape index (κ3) is 3.44. The van der Waals surface area contributed by atoms with Crippen molar-refractivity contribution in [1.82, 2.24) is 24.9 Å². The molecule has 28 heavy (non-hydrogen) atoms. The summed E-state index contributed by atoms with van der Waals surface area (Å²) in [4.78, 5) is 12.6. The highest BCUT2D eigenvalue weighted by Gasteiger charge is 2.16. The van der Waals surface area contributed by atoms with Crippen LogP contribution in [0.4, 0.5) is 0 Å². The molecule has 0 spiro atoms. The van der Waals surface area contributed by atoms with Gasteiger partial charge in [0.1, 0.15) is 0 Å². The summed E-state index contributed by atoms with van der Waals surface area (Å²) in [5.41, 5.74) is 5.21. The van der Waals surface area contributed by atoms with E-state index in [-0.39, 0.29) is 5.91 Å². The number of rotatable bonds is 5. The number of para-hydroxylation sites is 1. The molecule has 2 heterocycles. The van der Waals surface area contributed by atoms with Gasteiger partial charge in [-0.15, -0.1) is 0 Å². The number of hydrogen-bond donors (Lipinski definition) is 1. The molecule has 0 unspecified atom stereocenters. The predicted molar refractivity (Wildman–Crippen MR) is 108 cm³/mol. The second-order valence-corrected chi connectivity index (χ2v) is 6.60. The zero-order valence-electron chi connectivity index (χ0n) is 15.8. The van der Waals surface area contributed by atoms with Gasteiger partial charge in [-0.25, -0.2) is 4.68 Å². The minimum Gasteiger partial charge on any atom is -0.348 e. The summed E-state index contributed by atoms with van der Waals surface area (Å²) in [6, 6.07) is 19.9. The Morgan fingerprint density at radius 2 is 1.71 bits per heavy atom. The van der Waals surface area contributed by atoms with E-state index in [4.69, 9.17) is 5.10 Å². The second kappa shape index (κ2) is 7.52. The maximum atomic E-state index is 12.6. The standard InChI is InChI=1S/C22H21N5O/c1-16-20(14-24-26(16)2)22(28)23-13-18-15-27(19-11-7-4-8-12-19)25-21(18)17-9-5-3-6-10-17/h3-12,14-15H,13H2,1-2H3,(H,23,28). The molecule has 4 rings (SSSR count). The Morgan fingerprint density at radius 3 is 2.36 bits per heavy atom. The molecule has 0 aliphatic rings. The number of carbonyl (C=O) groups is 1.